The number of hydrogen-bond acceptors (Lipinski definition) is 6. The Morgan fingerprint density at radius 2 is 1.77 bits per heavy atom. The molecule has 3 unspecified atom stereocenters. The number of alkyl carbamates (subject to hydrolysis) is 1. The van der Waals surface area contributed by atoms with Crippen LogP contribution in [0.2, 0.25) is 0 Å². The topological polar surface area (TPSA) is 94.6 Å². The van der Waals surface area contributed by atoms with Crippen molar-refractivity contribution in [2.24, 2.45) is 11.8 Å². The summed E-state index contributed by atoms with van der Waals surface area (Å²) in [7, 11) is 0. The van der Waals surface area contributed by atoms with E-state index < -0.39 is 12.2 Å². The summed E-state index contributed by atoms with van der Waals surface area (Å²) in [5.74, 6) is -0.573. The SMILES string of the molecule is CC1CCCCCC(OC(=O)NCCc2ccncc2)C(=O)C(C)CCCOC1=O. The second-order valence-corrected chi connectivity index (χ2v) is 8.08. The van der Waals surface area contributed by atoms with Crippen LogP contribution in [0.1, 0.15) is 64.4 Å². The molecule has 0 spiro atoms. The van der Waals surface area contributed by atoms with Gasteiger partial charge < -0.3 is 14.8 Å². The van der Waals surface area contributed by atoms with Crippen LogP contribution in [0.25, 0.3) is 0 Å². The zero-order valence-corrected chi connectivity index (χ0v) is 18.1. The lowest BCUT2D eigenvalue weighted by atomic mass is 9.93. The van der Waals surface area contributed by atoms with Crippen molar-refractivity contribution < 1.29 is 23.9 Å². The van der Waals surface area contributed by atoms with Crippen LogP contribution in [0.4, 0.5) is 4.79 Å². The molecule has 1 aromatic heterocycles. The van der Waals surface area contributed by atoms with E-state index in [1.54, 1.807) is 12.4 Å². The van der Waals surface area contributed by atoms with Gasteiger partial charge in [-0.3, -0.25) is 14.6 Å². The highest BCUT2D eigenvalue weighted by atomic mass is 16.6. The molecule has 30 heavy (non-hydrogen) atoms. The maximum absolute atomic E-state index is 12.8. The molecule has 0 aliphatic carbocycles. The number of Topliss-reactive ketones (excluding diaryl/α,β-unsaturated/α-hetero) is 1. The standard InChI is InChI=1S/C23H34N2O5/c1-17-8-6-16-29-22(27)18(2)7-4-3-5-9-20(21(17)26)30-23(28)25-15-12-19-10-13-24-14-11-19/h10-11,13-14,17-18,20H,3-9,12,15-16H2,1-2H3,(H,25,28). The van der Waals surface area contributed by atoms with Crippen LogP contribution in [0.5, 0.6) is 0 Å². The quantitative estimate of drug-likeness (QED) is 0.747. The fourth-order valence-corrected chi connectivity index (χ4v) is 3.53. The number of carbonyl (C=O) groups is 3. The van der Waals surface area contributed by atoms with Gasteiger partial charge in [-0.1, -0.05) is 26.7 Å². The molecule has 0 aromatic carbocycles. The molecule has 166 valence electrons. The molecule has 7 heteroatoms. The monoisotopic (exact) mass is 418 g/mol. The van der Waals surface area contributed by atoms with E-state index in [0.717, 1.165) is 31.2 Å². The van der Waals surface area contributed by atoms with Gasteiger partial charge in [-0.05, 0) is 56.2 Å². The molecule has 1 aliphatic heterocycles. The first-order valence-corrected chi connectivity index (χ1v) is 11.0. The highest BCUT2D eigenvalue weighted by molar-refractivity contribution is 5.87. The Balaban J connectivity index is 1.86. The number of nitrogens with zero attached hydrogens (tertiary/aromatic N) is 1. The maximum Gasteiger partial charge on any atom is 0.407 e. The predicted molar refractivity (Wildman–Crippen MR) is 113 cm³/mol. The number of amides is 1. The molecule has 1 fully saturated rings. The molecule has 0 saturated carbocycles. The van der Waals surface area contributed by atoms with Crippen molar-refractivity contribution in [2.75, 3.05) is 13.2 Å². The molecule has 2 heterocycles. The van der Waals surface area contributed by atoms with Crippen LogP contribution >= 0.6 is 0 Å². The highest BCUT2D eigenvalue weighted by Gasteiger charge is 2.27. The Bertz CT molecular complexity index is 679. The van der Waals surface area contributed by atoms with E-state index in [4.69, 9.17) is 9.47 Å². The molecule has 1 aromatic rings. The van der Waals surface area contributed by atoms with Crippen molar-refractivity contribution in [3.63, 3.8) is 0 Å². The van der Waals surface area contributed by atoms with E-state index in [2.05, 4.69) is 10.3 Å². The third-order valence-electron chi connectivity index (χ3n) is 5.52. The summed E-state index contributed by atoms with van der Waals surface area (Å²) in [6, 6.07) is 3.79. The minimum atomic E-state index is -0.733. The van der Waals surface area contributed by atoms with Crippen LogP contribution in [-0.2, 0) is 25.5 Å². The van der Waals surface area contributed by atoms with Gasteiger partial charge in [0.1, 0.15) is 0 Å². The van der Waals surface area contributed by atoms with Gasteiger partial charge in [-0.2, -0.15) is 0 Å². The maximum atomic E-state index is 12.8. The van der Waals surface area contributed by atoms with Gasteiger partial charge in [0.15, 0.2) is 11.9 Å². The lowest BCUT2D eigenvalue weighted by molar-refractivity contribution is -0.148. The van der Waals surface area contributed by atoms with Crippen LogP contribution in [-0.4, -0.2) is 42.1 Å². The average Bonchev–Trinajstić information content (AvgIpc) is 2.74. The number of ether oxygens (including phenoxy) is 2. The summed E-state index contributed by atoms with van der Waals surface area (Å²) in [6.45, 7) is 4.49. The van der Waals surface area contributed by atoms with E-state index in [-0.39, 0.29) is 23.6 Å². The van der Waals surface area contributed by atoms with Gasteiger partial charge in [0.2, 0.25) is 0 Å². The Morgan fingerprint density at radius 3 is 2.53 bits per heavy atom. The van der Waals surface area contributed by atoms with E-state index in [1.807, 2.05) is 26.0 Å². The van der Waals surface area contributed by atoms with Gasteiger partial charge in [-0.25, -0.2) is 4.79 Å². The molecule has 7 nitrogen and oxygen atoms in total. The zero-order valence-electron chi connectivity index (χ0n) is 18.1. The molecule has 3 atom stereocenters. The number of carbonyl (C=O) groups excluding carboxylic acids is 3. The normalized spacial score (nSPS) is 24.4. The Hall–Kier alpha value is -2.44. The summed E-state index contributed by atoms with van der Waals surface area (Å²) in [4.78, 5) is 41.0. The summed E-state index contributed by atoms with van der Waals surface area (Å²) in [6.07, 6.45) is 7.84. The molecule has 1 N–H and O–H groups in total. The third-order valence-corrected chi connectivity index (χ3v) is 5.52. The zero-order chi connectivity index (χ0) is 21.8. The number of ketones is 1. The minimum absolute atomic E-state index is 0.0592. The molecule has 2 rings (SSSR count). The van der Waals surface area contributed by atoms with E-state index >= 15 is 0 Å². The fraction of sp³-hybridized carbons (Fsp3) is 0.652. The number of pyridine rings is 1. The Morgan fingerprint density at radius 1 is 1.07 bits per heavy atom. The molecule has 0 radical (unpaired) electrons. The van der Waals surface area contributed by atoms with Crippen molar-refractivity contribution in [2.45, 2.75) is 71.3 Å². The number of hydrogen-bond donors (Lipinski definition) is 1. The van der Waals surface area contributed by atoms with Crippen molar-refractivity contribution in [1.29, 1.82) is 0 Å². The molecule has 1 aliphatic rings. The summed E-state index contributed by atoms with van der Waals surface area (Å²) in [5, 5.41) is 2.74. The molecule has 0 bridgehead atoms. The van der Waals surface area contributed by atoms with Crippen LogP contribution in [0.3, 0.4) is 0 Å². The molecular formula is C23H34N2O5. The first kappa shape index (κ1) is 23.8. The van der Waals surface area contributed by atoms with Crippen molar-refractivity contribution in [3.8, 4) is 0 Å². The van der Waals surface area contributed by atoms with E-state index in [1.165, 1.54) is 0 Å². The minimum Gasteiger partial charge on any atom is -0.465 e. The highest BCUT2D eigenvalue weighted by Crippen LogP contribution is 2.19. The van der Waals surface area contributed by atoms with Gasteiger partial charge in [0.05, 0.1) is 12.5 Å². The number of aromatic nitrogens is 1. The van der Waals surface area contributed by atoms with Crippen LogP contribution in [0.15, 0.2) is 24.5 Å². The second kappa shape index (κ2) is 13.0. The van der Waals surface area contributed by atoms with Crippen LogP contribution in [0, 0.1) is 11.8 Å². The van der Waals surface area contributed by atoms with Gasteiger partial charge in [-0.15, -0.1) is 0 Å². The number of nitrogens with one attached hydrogen (secondary N) is 1. The molecule has 1 saturated heterocycles. The summed E-state index contributed by atoms with van der Waals surface area (Å²) in [5.41, 5.74) is 1.07. The van der Waals surface area contributed by atoms with Gasteiger partial charge in [0.25, 0.3) is 0 Å². The Kier molecular flexibility index (Phi) is 10.3. The fourth-order valence-electron chi connectivity index (χ4n) is 3.53. The number of rotatable bonds is 4. The third kappa shape index (κ3) is 8.51. The largest absolute Gasteiger partial charge is 0.465 e. The first-order chi connectivity index (χ1) is 14.5. The lowest BCUT2D eigenvalue weighted by Gasteiger charge is -2.21. The average molecular weight is 419 g/mol. The van der Waals surface area contributed by atoms with Crippen molar-refractivity contribution in [3.05, 3.63) is 30.1 Å². The number of esters is 1. The molecular weight excluding hydrogens is 384 g/mol. The predicted octanol–water partition coefficient (Wildman–Crippen LogP) is 3.85. The Labute approximate surface area is 178 Å². The number of cyclic esters (lactones) is 1. The van der Waals surface area contributed by atoms with Crippen molar-refractivity contribution >= 4 is 17.8 Å². The van der Waals surface area contributed by atoms with E-state index in [9.17, 15) is 14.4 Å². The molecule has 1 amide bonds. The lowest BCUT2D eigenvalue weighted by Crippen LogP contribution is -2.36. The van der Waals surface area contributed by atoms with Crippen molar-refractivity contribution in [1.82, 2.24) is 10.3 Å². The van der Waals surface area contributed by atoms with Gasteiger partial charge in [0, 0.05) is 24.9 Å². The summed E-state index contributed by atoms with van der Waals surface area (Å²) < 4.78 is 10.8. The first-order valence-electron chi connectivity index (χ1n) is 11.0. The second-order valence-electron chi connectivity index (χ2n) is 8.08. The van der Waals surface area contributed by atoms with Gasteiger partial charge >= 0.3 is 12.1 Å². The smallest absolute Gasteiger partial charge is 0.407 e. The van der Waals surface area contributed by atoms with E-state index in [0.29, 0.717) is 38.8 Å². The van der Waals surface area contributed by atoms with Crippen LogP contribution < -0.4 is 5.32 Å². The summed E-state index contributed by atoms with van der Waals surface area (Å²) >= 11 is 0.